The fourth-order valence-corrected chi connectivity index (χ4v) is 3.34. The summed E-state index contributed by atoms with van der Waals surface area (Å²) in [7, 11) is 0. The fourth-order valence-electron chi connectivity index (χ4n) is 3.34. The molecule has 0 amide bonds. The van der Waals surface area contributed by atoms with Gasteiger partial charge in [-0.05, 0) is 19.3 Å². The van der Waals surface area contributed by atoms with E-state index >= 15 is 0 Å². The van der Waals surface area contributed by atoms with Gasteiger partial charge in [0.05, 0.1) is 12.0 Å². The van der Waals surface area contributed by atoms with Crippen LogP contribution in [0.15, 0.2) is 0 Å². The molecule has 0 aliphatic heterocycles. The zero-order valence-electron chi connectivity index (χ0n) is 20.0. The van der Waals surface area contributed by atoms with Crippen molar-refractivity contribution in [1.29, 1.82) is 0 Å². The fraction of sp³-hybridized carbons (Fsp3) is 0.920. The third-order valence-corrected chi connectivity index (χ3v) is 5.88. The van der Waals surface area contributed by atoms with Crippen LogP contribution in [0, 0.1) is 5.41 Å². The first-order valence-corrected chi connectivity index (χ1v) is 12.5. The van der Waals surface area contributed by atoms with Gasteiger partial charge in [-0.3, -0.25) is 9.59 Å². The maximum absolute atomic E-state index is 12.1. The van der Waals surface area contributed by atoms with E-state index in [-0.39, 0.29) is 31.8 Å². The molecule has 5 heteroatoms. The number of carbonyl (C=O) groups is 2. The van der Waals surface area contributed by atoms with Gasteiger partial charge in [0.25, 0.3) is 0 Å². The van der Waals surface area contributed by atoms with E-state index in [0.29, 0.717) is 19.3 Å². The number of unbranched alkanes of at least 4 members (excludes halogenated alkanes) is 11. The second-order valence-corrected chi connectivity index (χ2v) is 8.72. The Labute approximate surface area is 185 Å². The highest BCUT2D eigenvalue weighted by molar-refractivity contribution is 5.69. The molecule has 0 spiro atoms. The lowest BCUT2D eigenvalue weighted by atomic mass is 9.88. The zero-order valence-corrected chi connectivity index (χ0v) is 20.0. The van der Waals surface area contributed by atoms with Crippen molar-refractivity contribution >= 4 is 11.9 Å². The van der Waals surface area contributed by atoms with Crippen molar-refractivity contribution in [3.8, 4) is 0 Å². The predicted octanol–water partition coefficient (Wildman–Crippen LogP) is 6.35. The lowest BCUT2D eigenvalue weighted by molar-refractivity contribution is -0.156. The molecule has 30 heavy (non-hydrogen) atoms. The molecule has 0 saturated carbocycles. The SMILES string of the molecule is CCCCCCCCCCCC(=O)OCC(CC)(CO)COC(=O)CCCCCC. The van der Waals surface area contributed by atoms with Crippen LogP contribution < -0.4 is 0 Å². The summed E-state index contributed by atoms with van der Waals surface area (Å²) in [6.07, 6.45) is 16.4. The van der Waals surface area contributed by atoms with E-state index in [1.807, 2.05) is 6.92 Å². The zero-order chi connectivity index (χ0) is 22.5. The third-order valence-electron chi connectivity index (χ3n) is 5.88. The minimum atomic E-state index is -0.701. The molecule has 0 bridgehead atoms. The van der Waals surface area contributed by atoms with E-state index in [9.17, 15) is 14.7 Å². The standard InChI is InChI=1S/C25H48O5/c1-4-7-9-11-12-13-14-15-17-19-24(28)30-22-25(6-3,20-26)21-29-23(27)18-16-10-8-5-2/h26H,4-22H2,1-3H3. The van der Waals surface area contributed by atoms with Crippen LogP contribution in [0.25, 0.3) is 0 Å². The maximum atomic E-state index is 12.1. The summed E-state index contributed by atoms with van der Waals surface area (Å²) in [5.74, 6) is -0.464. The Bertz CT molecular complexity index is 418. The molecule has 178 valence electrons. The van der Waals surface area contributed by atoms with Gasteiger partial charge in [0.15, 0.2) is 0 Å². The van der Waals surface area contributed by atoms with Gasteiger partial charge >= 0.3 is 11.9 Å². The predicted molar refractivity (Wildman–Crippen MR) is 122 cm³/mol. The molecule has 0 saturated heterocycles. The number of hydrogen-bond donors (Lipinski definition) is 1. The number of aliphatic hydroxyl groups excluding tert-OH is 1. The highest BCUT2D eigenvalue weighted by Crippen LogP contribution is 2.23. The van der Waals surface area contributed by atoms with Gasteiger partial charge in [0, 0.05) is 12.8 Å². The number of ether oxygens (including phenoxy) is 2. The summed E-state index contributed by atoms with van der Waals surface area (Å²) in [6, 6.07) is 0. The first-order valence-electron chi connectivity index (χ1n) is 12.5. The van der Waals surface area contributed by atoms with E-state index in [2.05, 4.69) is 13.8 Å². The summed E-state index contributed by atoms with van der Waals surface area (Å²) >= 11 is 0. The number of esters is 2. The van der Waals surface area contributed by atoms with Crippen LogP contribution >= 0.6 is 0 Å². The molecular formula is C25H48O5. The largest absolute Gasteiger partial charge is 0.465 e. The molecule has 0 aromatic rings. The second-order valence-electron chi connectivity index (χ2n) is 8.72. The van der Waals surface area contributed by atoms with Gasteiger partial charge in [-0.15, -0.1) is 0 Å². The number of rotatable bonds is 21. The lowest BCUT2D eigenvalue weighted by Crippen LogP contribution is -2.37. The molecule has 0 aromatic heterocycles. The minimum absolute atomic E-state index is 0.0952. The molecule has 5 nitrogen and oxygen atoms in total. The topological polar surface area (TPSA) is 72.8 Å². The maximum Gasteiger partial charge on any atom is 0.305 e. The van der Waals surface area contributed by atoms with Crippen LogP contribution in [0.5, 0.6) is 0 Å². The smallest absolute Gasteiger partial charge is 0.305 e. The average Bonchev–Trinajstić information content (AvgIpc) is 2.76. The number of carbonyl (C=O) groups excluding carboxylic acids is 2. The molecular weight excluding hydrogens is 380 g/mol. The van der Waals surface area contributed by atoms with Crippen LogP contribution in [0.4, 0.5) is 0 Å². The Morgan fingerprint density at radius 2 is 1.00 bits per heavy atom. The van der Waals surface area contributed by atoms with Crippen LogP contribution in [0.2, 0.25) is 0 Å². The van der Waals surface area contributed by atoms with E-state index in [0.717, 1.165) is 38.5 Å². The Morgan fingerprint density at radius 3 is 1.37 bits per heavy atom. The first-order chi connectivity index (χ1) is 14.5. The number of hydrogen-bond acceptors (Lipinski definition) is 5. The van der Waals surface area contributed by atoms with E-state index in [1.165, 1.54) is 44.9 Å². The Morgan fingerprint density at radius 1 is 0.633 bits per heavy atom. The molecule has 0 aliphatic rings. The summed E-state index contributed by atoms with van der Waals surface area (Å²) in [5, 5.41) is 9.82. The van der Waals surface area contributed by atoms with E-state index in [1.54, 1.807) is 0 Å². The normalized spacial score (nSPS) is 13.1. The van der Waals surface area contributed by atoms with Crippen LogP contribution in [-0.4, -0.2) is 36.9 Å². The third kappa shape index (κ3) is 15.7. The van der Waals surface area contributed by atoms with Gasteiger partial charge in [-0.2, -0.15) is 0 Å². The van der Waals surface area contributed by atoms with Gasteiger partial charge in [0.1, 0.15) is 13.2 Å². The Kier molecular flexibility index (Phi) is 19.1. The molecule has 1 unspecified atom stereocenters. The molecule has 0 fully saturated rings. The van der Waals surface area contributed by atoms with Crippen molar-refractivity contribution in [1.82, 2.24) is 0 Å². The summed E-state index contributed by atoms with van der Waals surface area (Å²) in [4.78, 5) is 24.0. The summed E-state index contributed by atoms with van der Waals surface area (Å²) < 4.78 is 10.8. The van der Waals surface area contributed by atoms with Crippen molar-refractivity contribution in [3.63, 3.8) is 0 Å². The summed E-state index contributed by atoms with van der Waals surface area (Å²) in [5.41, 5.74) is -0.701. The first kappa shape index (κ1) is 28.9. The Balaban J connectivity index is 3.97. The highest BCUT2D eigenvalue weighted by Gasteiger charge is 2.31. The second kappa shape index (κ2) is 19.8. The molecule has 0 aromatic carbocycles. The van der Waals surface area contributed by atoms with E-state index < -0.39 is 5.41 Å². The van der Waals surface area contributed by atoms with Crippen LogP contribution in [0.1, 0.15) is 124 Å². The van der Waals surface area contributed by atoms with Gasteiger partial charge in [-0.1, -0.05) is 91.4 Å². The molecule has 0 heterocycles. The average molecular weight is 429 g/mol. The van der Waals surface area contributed by atoms with Crippen LogP contribution in [0.3, 0.4) is 0 Å². The van der Waals surface area contributed by atoms with Crippen molar-refractivity contribution < 1.29 is 24.2 Å². The lowest BCUT2D eigenvalue weighted by Gasteiger charge is -2.29. The van der Waals surface area contributed by atoms with Gasteiger partial charge < -0.3 is 14.6 Å². The molecule has 0 aliphatic carbocycles. The van der Waals surface area contributed by atoms with Crippen LogP contribution in [-0.2, 0) is 19.1 Å². The summed E-state index contributed by atoms with van der Waals surface area (Å²) in [6.45, 7) is 6.30. The quantitative estimate of drug-likeness (QED) is 0.170. The number of aliphatic hydroxyl groups is 1. The molecule has 1 atom stereocenters. The van der Waals surface area contributed by atoms with E-state index in [4.69, 9.17) is 9.47 Å². The molecule has 0 rings (SSSR count). The van der Waals surface area contributed by atoms with Crippen molar-refractivity contribution in [2.45, 2.75) is 124 Å². The van der Waals surface area contributed by atoms with Crippen molar-refractivity contribution in [2.75, 3.05) is 19.8 Å². The van der Waals surface area contributed by atoms with Gasteiger partial charge in [0.2, 0.25) is 0 Å². The molecule has 0 radical (unpaired) electrons. The molecule has 1 N–H and O–H groups in total. The Hall–Kier alpha value is -1.10. The minimum Gasteiger partial charge on any atom is -0.465 e. The van der Waals surface area contributed by atoms with Crippen molar-refractivity contribution in [3.05, 3.63) is 0 Å². The van der Waals surface area contributed by atoms with Gasteiger partial charge in [-0.25, -0.2) is 0 Å². The monoisotopic (exact) mass is 428 g/mol. The highest BCUT2D eigenvalue weighted by atomic mass is 16.5. The van der Waals surface area contributed by atoms with Crippen molar-refractivity contribution in [2.24, 2.45) is 5.41 Å².